The average Bonchev–Trinajstić information content (AvgIpc) is 2.59. The number of ether oxygens (including phenoxy) is 1. The van der Waals surface area contributed by atoms with Crippen molar-refractivity contribution in [2.75, 3.05) is 7.11 Å². The fourth-order valence-corrected chi connectivity index (χ4v) is 2.77. The van der Waals surface area contributed by atoms with Crippen LogP contribution in [0, 0.1) is 13.8 Å². The van der Waals surface area contributed by atoms with E-state index in [4.69, 9.17) is 4.74 Å². The number of hydrogen-bond donors (Lipinski definition) is 1. The first-order chi connectivity index (χ1) is 11.6. The van der Waals surface area contributed by atoms with Crippen molar-refractivity contribution in [3.05, 3.63) is 70.9 Å². The van der Waals surface area contributed by atoms with Gasteiger partial charge in [0.2, 0.25) is 0 Å². The minimum Gasteiger partial charge on any atom is -0.496 e. The SMILES string of the molecule is COc1ccc(CNC(=O)c2cc3ccccc3nc2C)cc1C. The van der Waals surface area contributed by atoms with E-state index in [1.165, 1.54) is 0 Å². The number of hydrogen-bond acceptors (Lipinski definition) is 3. The van der Waals surface area contributed by atoms with Gasteiger partial charge < -0.3 is 10.1 Å². The molecule has 1 amide bonds. The Labute approximate surface area is 141 Å². The number of nitrogens with one attached hydrogen (secondary N) is 1. The largest absolute Gasteiger partial charge is 0.496 e. The number of carbonyl (C=O) groups excluding carboxylic acids is 1. The van der Waals surface area contributed by atoms with Gasteiger partial charge in [-0.3, -0.25) is 9.78 Å². The van der Waals surface area contributed by atoms with Gasteiger partial charge in [-0.1, -0.05) is 30.3 Å². The second kappa shape index (κ2) is 6.71. The zero-order valence-electron chi connectivity index (χ0n) is 14.1. The Balaban J connectivity index is 1.77. The third kappa shape index (κ3) is 3.23. The molecule has 0 fully saturated rings. The minimum atomic E-state index is -0.112. The van der Waals surface area contributed by atoms with Crippen molar-refractivity contribution < 1.29 is 9.53 Å². The molecule has 0 radical (unpaired) electrons. The molecule has 1 aromatic heterocycles. The first kappa shape index (κ1) is 16.0. The summed E-state index contributed by atoms with van der Waals surface area (Å²) in [6.07, 6.45) is 0. The molecule has 24 heavy (non-hydrogen) atoms. The number of para-hydroxylation sites is 1. The molecule has 4 heteroatoms. The van der Waals surface area contributed by atoms with Crippen LogP contribution in [0.2, 0.25) is 0 Å². The highest BCUT2D eigenvalue weighted by atomic mass is 16.5. The Morgan fingerprint density at radius 2 is 1.92 bits per heavy atom. The molecule has 4 nitrogen and oxygen atoms in total. The second-order valence-corrected chi connectivity index (χ2v) is 5.80. The number of rotatable bonds is 4. The number of pyridine rings is 1. The van der Waals surface area contributed by atoms with E-state index >= 15 is 0 Å². The number of fused-ring (bicyclic) bond motifs is 1. The maximum Gasteiger partial charge on any atom is 0.253 e. The van der Waals surface area contributed by atoms with Gasteiger partial charge in [0.05, 0.1) is 23.9 Å². The van der Waals surface area contributed by atoms with Crippen LogP contribution in [0.15, 0.2) is 48.5 Å². The Morgan fingerprint density at radius 3 is 2.67 bits per heavy atom. The fourth-order valence-electron chi connectivity index (χ4n) is 2.77. The van der Waals surface area contributed by atoms with Crippen molar-refractivity contribution in [2.24, 2.45) is 0 Å². The predicted molar refractivity (Wildman–Crippen MR) is 95.4 cm³/mol. The lowest BCUT2D eigenvalue weighted by Gasteiger charge is -2.10. The summed E-state index contributed by atoms with van der Waals surface area (Å²) in [4.78, 5) is 17.0. The molecule has 3 rings (SSSR count). The highest BCUT2D eigenvalue weighted by Gasteiger charge is 2.11. The average molecular weight is 320 g/mol. The van der Waals surface area contributed by atoms with Crippen LogP contribution in [0.5, 0.6) is 5.75 Å². The molecule has 122 valence electrons. The topological polar surface area (TPSA) is 51.2 Å². The van der Waals surface area contributed by atoms with E-state index in [9.17, 15) is 4.79 Å². The van der Waals surface area contributed by atoms with Gasteiger partial charge in [0.25, 0.3) is 5.91 Å². The summed E-state index contributed by atoms with van der Waals surface area (Å²) in [7, 11) is 1.65. The molecule has 0 bridgehead atoms. The molecule has 0 saturated carbocycles. The lowest BCUT2D eigenvalue weighted by atomic mass is 10.1. The lowest BCUT2D eigenvalue weighted by Crippen LogP contribution is -2.24. The first-order valence-corrected chi connectivity index (χ1v) is 7.86. The van der Waals surface area contributed by atoms with E-state index in [-0.39, 0.29) is 5.91 Å². The van der Waals surface area contributed by atoms with Crippen molar-refractivity contribution in [3.63, 3.8) is 0 Å². The molecule has 0 spiro atoms. The van der Waals surface area contributed by atoms with Crippen LogP contribution in [-0.4, -0.2) is 18.0 Å². The number of aromatic nitrogens is 1. The molecule has 0 unspecified atom stereocenters. The Kier molecular flexibility index (Phi) is 4.47. The molecule has 0 aliphatic heterocycles. The number of aryl methyl sites for hydroxylation is 2. The number of methoxy groups -OCH3 is 1. The predicted octanol–water partition coefficient (Wildman–Crippen LogP) is 3.79. The number of benzene rings is 2. The van der Waals surface area contributed by atoms with Crippen LogP contribution < -0.4 is 10.1 Å². The summed E-state index contributed by atoms with van der Waals surface area (Å²) < 4.78 is 5.26. The van der Waals surface area contributed by atoms with Gasteiger partial charge in [-0.2, -0.15) is 0 Å². The molecular weight excluding hydrogens is 300 g/mol. The van der Waals surface area contributed by atoms with Crippen LogP contribution in [0.25, 0.3) is 10.9 Å². The van der Waals surface area contributed by atoms with Gasteiger partial charge in [-0.25, -0.2) is 0 Å². The van der Waals surface area contributed by atoms with Crippen molar-refractivity contribution in [1.29, 1.82) is 0 Å². The fraction of sp³-hybridized carbons (Fsp3) is 0.200. The van der Waals surface area contributed by atoms with E-state index in [1.807, 2.05) is 62.4 Å². The molecule has 1 heterocycles. The van der Waals surface area contributed by atoms with Crippen LogP contribution in [0.1, 0.15) is 27.2 Å². The van der Waals surface area contributed by atoms with Crippen LogP contribution in [0.4, 0.5) is 0 Å². The smallest absolute Gasteiger partial charge is 0.253 e. The van der Waals surface area contributed by atoms with Gasteiger partial charge >= 0.3 is 0 Å². The van der Waals surface area contributed by atoms with Crippen LogP contribution in [0.3, 0.4) is 0 Å². The zero-order valence-corrected chi connectivity index (χ0v) is 14.1. The normalized spacial score (nSPS) is 10.6. The highest BCUT2D eigenvalue weighted by Crippen LogP contribution is 2.19. The summed E-state index contributed by atoms with van der Waals surface area (Å²) in [5, 5.41) is 3.93. The molecule has 0 aliphatic carbocycles. The third-order valence-corrected chi connectivity index (χ3v) is 4.07. The summed E-state index contributed by atoms with van der Waals surface area (Å²) in [5.41, 5.74) is 4.33. The molecule has 1 N–H and O–H groups in total. The van der Waals surface area contributed by atoms with Crippen molar-refractivity contribution >= 4 is 16.8 Å². The standard InChI is InChI=1S/C20H20N2O2/c1-13-10-15(8-9-19(13)24-3)12-21-20(23)17-11-16-6-4-5-7-18(16)22-14(17)2/h4-11H,12H2,1-3H3,(H,21,23). The molecular formula is C20H20N2O2. The van der Waals surface area contributed by atoms with Crippen molar-refractivity contribution in [2.45, 2.75) is 20.4 Å². The zero-order chi connectivity index (χ0) is 17.1. The van der Waals surface area contributed by atoms with Crippen molar-refractivity contribution in [1.82, 2.24) is 10.3 Å². The number of nitrogens with zero attached hydrogens (tertiary/aromatic N) is 1. The van der Waals surface area contributed by atoms with Crippen LogP contribution in [-0.2, 0) is 6.54 Å². The molecule has 0 aliphatic rings. The Hall–Kier alpha value is -2.88. The third-order valence-electron chi connectivity index (χ3n) is 4.07. The first-order valence-electron chi connectivity index (χ1n) is 7.86. The lowest BCUT2D eigenvalue weighted by molar-refractivity contribution is 0.0950. The summed E-state index contributed by atoms with van der Waals surface area (Å²) in [5.74, 6) is 0.735. The van der Waals surface area contributed by atoms with E-state index in [2.05, 4.69) is 10.3 Å². The molecule has 2 aromatic carbocycles. The maximum absolute atomic E-state index is 12.5. The van der Waals surface area contributed by atoms with Gasteiger partial charge in [0.1, 0.15) is 5.75 Å². The summed E-state index contributed by atoms with van der Waals surface area (Å²) >= 11 is 0. The minimum absolute atomic E-state index is 0.112. The Bertz CT molecular complexity index is 903. The summed E-state index contributed by atoms with van der Waals surface area (Å²) in [6, 6.07) is 15.6. The highest BCUT2D eigenvalue weighted by molar-refractivity contribution is 5.98. The summed E-state index contributed by atoms with van der Waals surface area (Å²) in [6.45, 7) is 4.32. The van der Waals surface area contributed by atoms with Gasteiger partial charge in [0, 0.05) is 11.9 Å². The molecule has 0 saturated heterocycles. The molecule has 0 atom stereocenters. The maximum atomic E-state index is 12.5. The van der Waals surface area contributed by atoms with Gasteiger partial charge in [0.15, 0.2) is 0 Å². The van der Waals surface area contributed by atoms with Crippen LogP contribution >= 0.6 is 0 Å². The van der Waals surface area contributed by atoms with Gasteiger partial charge in [-0.15, -0.1) is 0 Å². The second-order valence-electron chi connectivity index (χ2n) is 5.80. The van der Waals surface area contributed by atoms with E-state index in [0.717, 1.165) is 33.5 Å². The quantitative estimate of drug-likeness (QED) is 0.795. The van der Waals surface area contributed by atoms with E-state index in [1.54, 1.807) is 7.11 Å². The molecule has 3 aromatic rings. The monoisotopic (exact) mass is 320 g/mol. The number of amides is 1. The van der Waals surface area contributed by atoms with Gasteiger partial charge in [-0.05, 0) is 43.2 Å². The number of carbonyl (C=O) groups is 1. The van der Waals surface area contributed by atoms with E-state index < -0.39 is 0 Å². The van der Waals surface area contributed by atoms with E-state index in [0.29, 0.717) is 12.1 Å². The Morgan fingerprint density at radius 1 is 1.12 bits per heavy atom. The van der Waals surface area contributed by atoms with Crippen molar-refractivity contribution in [3.8, 4) is 5.75 Å².